The number of carboxylic acids is 1. The van der Waals surface area contributed by atoms with Gasteiger partial charge in [0, 0.05) is 12.1 Å². The van der Waals surface area contributed by atoms with Crippen LogP contribution in [0.3, 0.4) is 0 Å². The van der Waals surface area contributed by atoms with Crippen molar-refractivity contribution in [1.29, 1.82) is 0 Å². The molecule has 0 saturated carbocycles. The van der Waals surface area contributed by atoms with Crippen LogP contribution in [0.2, 0.25) is 0 Å². The molecule has 2 aromatic carbocycles. The fourth-order valence-corrected chi connectivity index (χ4v) is 3.02. The third kappa shape index (κ3) is 5.73. The highest BCUT2D eigenvalue weighted by Gasteiger charge is 2.25. The normalized spacial score (nSPS) is 13.2. The molecule has 0 radical (unpaired) electrons. The summed E-state index contributed by atoms with van der Waals surface area (Å²) in [6, 6.07) is 20.0. The van der Waals surface area contributed by atoms with Crippen molar-refractivity contribution in [2.24, 2.45) is 0 Å². The molecule has 0 aliphatic rings. The van der Waals surface area contributed by atoms with Crippen molar-refractivity contribution in [3.63, 3.8) is 0 Å². The summed E-state index contributed by atoms with van der Waals surface area (Å²) in [4.78, 5) is 13.4. The second-order valence-corrected chi connectivity index (χ2v) is 6.05. The number of benzene rings is 2. The Morgan fingerprint density at radius 2 is 1.28 bits per heavy atom. The van der Waals surface area contributed by atoms with Gasteiger partial charge in [-0.25, -0.2) is 0 Å². The van der Waals surface area contributed by atoms with Crippen LogP contribution in [0.15, 0.2) is 86.0 Å². The van der Waals surface area contributed by atoms with Gasteiger partial charge in [-0.3, -0.25) is 9.69 Å². The van der Waals surface area contributed by atoms with Crippen LogP contribution in [0, 0.1) is 0 Å². The highest BCUT2D eigenvalue weighted by molar-refractivity contribution is 5.69. The van der Waals surface area contributed by atoms with Gasteiger partial charge in [-0.15, -0.1) is 13.2 Å². The topological polar surface area (TPSA) is 40.5 Å². The van der Waals surface area contributed by atoms with E-state index in [0.717, 1.165) is 24.0 Å². The molecule has 0 bridgehead atoms. The zero-order chi connectivity index (χ0) is 18.1. The lowest BCUT2D eigenvalue weighted by molar-refractivity contribution is -0.139. The average Bonchev–Trinajstić information content (AvgIpc) is 2.64. The van der Waals surface area contributed by atoms with Crippen LogP contribution in [0.4, 0.5) is 0 Å². The zero-order valence-electron chi connectivity index (χ0n) is 14.4. The molecule has 3 nitrogen and oxygen atoms in total. The first kappa shape index (κ1) is 18.7. The van der Waals surface area contributed by atoms with Crippen molar-refractivity contribution >= 4 is 5.97 Å². The molecule has 2 unspecified atom stereocenters. The van der Waals surface area contributed by atoms with Crippen LogP contribution in [0.1, 0.15) is 11.1 Å². The molecule has 0 spiro atoms. The monoisotopic (exact) mass is 335 g/mol. The summed E-state index contributed by atoms with van der Waals surface area (Å²) in [5.74, 6) is -0.847. The fraction of sp³-hybridized carbons (Fsp3) is 0.227. The SMILES string of the molecule is C=CC(Cc1ccccc1)N(CC(=O)O)C(C=C)Cc1ccccc1. The van der Waals surface area contributed by atoms with Gasteiger partial charge in [0.2, 0.25) is 0 Å². The quantitative estimate of drug-likeness (QED) is 0.668. The molecule has 0 aliphatic carbocycles. The highest BCUT2D eigenvalue weighted by Crippen LogP contribution is 2.17. The Bertz CT molecular complexity index is 628. The van der Waals surface area contributed by atoms with Crippen molar-refractivity contribution in [2.75, 3.05) is 6.54 Å². The van der Waals surface area contributed by atoms with E-state index in [0.29, 0.717) is 0 Å². The zero-order valence-corrected chi connectivity index (χ0v) is 14.4. The fourth-order valence-electron chi connectivity index (χ4n) is 3.02. The molecule has 3 heteroatoms. The van der Waals surface area contributed by atoms with E-state index in [4.69, 9.17) is 0 Å². The minimum atomic E-state index is -0.847. The molecular formula is C22H25NO2. The van der Waals surface area contributed by atoms with E-state index in [2.05, 4.69) is 37.4 Å². The first-order valence-corrected chi connectivity index (χ1v) is 8.44. The van der Waals surface area contributed by atoms with E-state index in [1.54, 1.807) is 0 Å². The highest BCUT2D eigenvalue weighted by atomic mass is 16.4. The molecule has 130 valence electrons. The molecule has 2 aromatic rings. The Morgan fingerprint density at radius 1 is 0.880 bits per heavy atom. The summed E-state index contributed by atoms with van der Waals surface area (Å²) >= 11 is 0. The van der Waals surface area contributed by atoms with Crippen molar-refractivity contribution < 1.29 is 9.90 Å². The maximum absolute atomic E-state index is 11.4. The Kier molecular flexibility index (Phi) is 7.17. The molecule has 0 heterocycles. The van der Waals surface area contributed by atoms with Gasteiger partial charge in [0.05, 0.1) is 6.54 Å². The van der Waals surface area contributed by atoms with Gasteiger partial charge in [0.15, 0.2) is 0 Å². The van der Waals surface area contributed by atoms with Gasteiger partial charge >= 0.3 is 5.97 Å². The predicted molar refractivity (Wildman–Crippen MR) is 103 cm³/mol. The van der Waals surface area contributed by atoms with Crippen LogP contribution in [-0.4, -0.2) is 34.6 Å². The van der Waals surface area contributed by atoms with Gasteiger partial charge in [0.1, 0.15) is 0 Å². The lowest BCUT2D eigenvalue weighted by atomic mass is 9.99. The van der Waals surface area contributed by atoms with Crippen LogP contribution < -0.4 is 0 Å². The number of hydrogen-bond donors (Lipinski definition) is 1. The molecular weight excluding hydrogens is 310 g/mol. The second kappa shape index (κ2) is 9.60. The minimum absolute atomic E-state index is 0.0486. The molecule has 0 aromatic heterocycles. The van der Waals surface area contributed by atoms with Gasteiger partial charge in [-0.1, -0.05) is 72.8 Å². The standard InChI is InChI=1S/C22H25NO2/c1-3-20(15-18-11-7-5-8-12-18)23(17-22(24)25)21(4-2)16-19-13-9-6-10-14-19/h3-14,20-21H,1-2,15-17H2,(H,24,25). The van der Waals surface area contributed by atoms with Crippen LogP contribution >= 0.6 is 0 Å². The van der Waals surface area contributed by atoms with E-state index >= 15 is 0 Å². The van der Waals surface area contributed by atoms with E-state index in [-0.39, 0.29) is 18.6 Å². The van der Waals surface area contributed by atoms with E-state index in [9.17, 15) is 9.90 Å². The lowest BCUT2D eigenvalue weighted by Gasteiger charge is -2.34. The van der Waals surface area contributed by atoms with Gasteiger partial charge in [-0.2, -0.15) is 0 Å². The number of carbonyl (C=O) groups is 1. The summed E-state index contributed by atoms with van der Waals surface area (Å²) in [5.41, 5.74) is 2.32. The number of hydrogen-bond acceptors (Lipinski definition) is 2. The smallest absolute Gasteiger partial charge is 0.317 e. The molecule has 0 saturated heterocycles. The Hall–Kier alpha value is -2.65. The molecule has 2 rings (SSSR count). The summed E-state index contributed by atoms with van der Waals surface area (Å²) in [5, 5.41) is 9.39. The molecule has 1 N–H and O–H groups in total. The van der Waals surface area contributed by atoms with E-state index < -0.39 is 5.97 Å². The van der Waals surface area contributed by atoms with E-state index in [1.807, 2.05) is 53.5 Å². The second-order valence-electron chi connectivity index (χ2n) is 6.05. The minimum Gasteiger partial charge on any atom is -0.480 e. The average molecular weight is 335 g/mol. The summed E-state index contributed by atoms with van der Waals surface area (Å²) in [6.45, 7) is 7.83. The third-order valence-electron chi connectivity index (χ3n) is 4.29. The van der Waals surface area contributed by atoms with Crippen LogP contribution in [0.5, 0.6) is 0 Å². The molecule has 0 fully saturated rings. The number of aliphatic carboxylic acids is 1. The summed E-state index contributed by atoms with van der Waals surface area (Å²) in [6.07, 6.45) is 5.10. The molecule has 0 aliphatic heterocycles. The first-order valence-electron chi connectivity index (χ1n) is 8.44. The first-order chi connectivity index (χ1) is 12.1. The molecule has 0 amide bonds. The number of rotatable bonds is 10. The molecule has 2 atom stereocenters. The molecule has 25 heavy (non-hydrogen) atoms. The summed E-state index contributed by atoms with van der Waals surface area (Å²) in [7, 11) is 0. The maximum Gasteiger partial charge on any atom is 0.317 e. The van der Waals surface area contributed by atoms with E-state index in [1.165, 1.54) is 0 Å². The Balaban J connectivity index is 2.23. The van der Waals surface area contributed by atoms with Crippen molar-refractivity contribution in [1.82, 2.24) is 4.90 Å². The third-order valence-corrected chi connectivity index (χ3v) is 4.29. The van der Waals surface area contributed by atoms with Gasteiger partial charge < -0.3 is 5.11 Å². The predicted octanol–water partition coefficient (Wildman–Crippen LogP) is 3.97. The van der Waals surface area contributed by atoms with Crippen molar-refractivity contribution in [3.8, 4) is 0 Å². The van der Waals surface area contributed by atoms with Gasteiger partial charge in [0.25, 0.3) is 0 Å². The lowest BCUT2D eigenvalue weighted by Crippen LogP contribution is -2.46. The van der Waals surface area contributed by atoms with Crippen LogP contribution in [-0.2, 0) is 17.6 Å². The maximum atomic E-state index is 11.4. The van der Waals surface area contributed by atoms with Gasteiger partial charge in [-0.05, 0) is 24.0 Å². The summed E-state index contributed by atoms with van der Waals surface area (Å²) < 4.78 is 0. The Morgan fingerprint density at radius 3 is 1.60 bits per heavy atom. The Labute approximate surface area is 149 Å². The van der Waals surface area contributed by atoms with Crippen molar-refractivity contribution in [2.45, 2.75) is 24.9 Å². The number of carboxylic acid groups (broad SMARTS) is 1. The van der Waals surface area contributed by atoms with Crippen LogP contribution in [0.25, 0.3) is 0 Å². The largest absolute Gasteiger partial charge is 0.480 e. The number of nitrogens with zero attached hydrogens (tertiary/aromatic N) is 1. The van der Waals surface area contributed by atoms with Crippen molar-refractivity contribution in [3.05, 3.63) is 97.1 Å².